The van der Waals surface area contributed by atoms with Crippen LogP contribution < -0.4 is 9.64 Å². The molecule has 0 radical (unpaired) electrons. The van der Waals surface area contributed by atoms with E-state index in [9.17, 15) is 19.5 Å². The van der Waals surface area contributed by atoms with E-state index in [1.54, 1.807) is 36.4 Å². The lowest BCUT2D eigenvalue weighted by Crippen LogP contribution is -2.29. The molecule has 1 N–H and O–H groups in total. The minimum absolute atomic E-state index is 0.0564. The summed E-state index contributed by atoms with van der Waals surface area (Å²) in [5, 5.41) is 11.4. The Labute approximate surface area is 229 Å². The van der Waals surface area contributed by atoms with E-state index in [0.717, 1.165) is 5.56 Å². The second kappa shape index (κ2) is 10.5. The maximum atomic E-state index is 13.5. The number of amides is 1. The highest BCUT2D eigenvalue weighted by Crippen LogP contribution is 2.43. The van der Waals surface area contributed by atoms with Crippen molar-refractivity contribution in [2.45, 2.75) is 32.2 Å². The maximum Gasteiger partial charge on any atom is 0.337 e. The van der Waals surface area contributed by atoms with E-state index in [4.69, 9.17) is 9.47 Å². The zero-order chi connectivity index (χ0) is 27.8. The number of benzene rings is 3. The Bertz CT molecular complexity index is 1450. The number of carbonyl (C=O) groups is 3. The second-order valence-electron chi connectivity index (χ2n) is 9.93. The number of hydrogen-bond acceptors (Lipinski definition) is 6. The van der Waals surface area contributed by atoms with Crippen LogP contribution in [0.1, 0.15) is 53.9 Å². The van der Waals surface area contributed by atoms with Crippen LogP contribution in [0.4, 0.5) is 5.69 Å². The quantitative estimate of drug-likeness (QED) is 0.169. The Kier molecular flexibility index (Phi) is 7.47. The molecule has 1 amide bonds. The fraction of sp³-hybridized carbons (Fsp3) is 0.233. The number of ketones is 1. The van der Waals surface area contributed by atoms with E-state index < -0.39 is 23.7 Å². The normalized spacial score (nSPS) is 17.0. The highest BCUT2D eigenvalue weighted by atomic mass is 79.9. The van der Waals surface area contributed by atoms with Gasteiger partial charge in [0.05, 0.1) is 35.9 Å². The number of ether oxygens (including phenoxy) is 2. The number of halogens is 1. The first-order valence-corrected chi connectivity index (χ1v) is 12.7. The highest BCUT2D eigenvalue weighted by molar-refractivity contribution is 9.10. The van der Waals surface area contributed by atoms with Crippen LogP contribution in [-0.2, 0) is 19.7 Å². The van der Waals surface area contributed by atoms with Crippen molar-refractivity contribution in [2.24, 2.45) is 0 Å². The number of anilines is 1. The average Bonchev–Trinajstić information content (AvgIpc) is 3.17. The van der Waals surface area contributed by atoms with Crippen LogP contribution in [0.25, 0.3) is 5.76 Å². The van der Waals surface area contributed by atoms with Gasteiger partial charge in [0.15, 0.2) is 0 Å². The number of nitrogens with zero attached hydrogens (tertiary/aromatic N) is 1. The van der Waals surface area contributed by atoms with Gasteiger partial charge >= 0.3 is 5.97 Å². The SMILES string of the molecule is COC(=O)c1cccc(N2C(=O)C(=O)/C(=C(/O)c3ccc(OC)c(Br)c3)C2c2ccc(C(C)(C)C)cc2)c1. The van der Waals surface area contributed by atoms with E-state index >= 15 is 0 Å². The van der Waals surface area contributed by atoms with Crippen molar-refractivity contribution >= 4 is 45.0 Å². The molecule has 1 unspecified atom stereocenters. The third-order valence-electron chi connectivity index (χ3n) is 6.51. The summed E-state index contributed by atoms with van der Waals surface area (Å²) in [6.07, 6.45) is 0. The minimum Gasteiger partial charge on any atom is -0.507 e. The first-order valence-electron chi connectivity index (χ1n) is 11.9. The highest BCUT2D eigenvalue weighted by Gasteiger charge is 2.47. The number of methoxy groups -OCH3 is 2. The van der Waals surface area contributed by atoms with Crippen molar-refractivity contribution in [3.63, 3.8) is 0 Å². The number of hydrogen-bond donors (Lipinski definition) is 1. The number of rotatable bonds is 5. The molecular weight excluding hydrogens is 550 g/mol. The zero-order valence-corrected chi connectivity index (χ0v) is 23.3. The van der Waals surface area contributed by atoms with Gasteiger partial charge in [0.2, 0.25) is 0 Å². The number of esters is 1. The van der Waals surface area contributed by atoms with Crippen molar-refractivity contribution < 1.29 is 29.0 Å². The molecule has 0 saturated carbocycles. The Hall–Kier alpha value is -3.91. The van der Waals surface area contributed by atoms with Gasteiger partial charge in [-0.2, -0.15) is 0 Å². The van der Waals surface area contributed by atoms with E-state index in [1.165, 1.54) is 25.2 Å². The van der Waals surface area contributed by atoms with Crippen molar-refractivity contribution in [3.8, 4) is 5.75 Å². The molecule has 3 aromatic carbocycles. The monoisotopic (exact) mass is 577 g/mol. The van der Waals surface area contributed by atoms with Gasteiger partial charge in [-0.15, -0.1) is 0 Å². The summed E-state index contributed by atoms with van der Waals surface area (Å²) in [6, 6.07) is 17.9. The van der Waals surface area contributed by atoms with E-state index in [-0.39, 0.29) is 22.3 Å². The Morgan fingerprint density at radius 1 is 0.947 bits per heavy atom. The summed E-state index contributed by atoms with van der Waals surface area (Å²) in [6.45, 7) is 6.27. The van der Waals surface area contributed by atoms with E-state index in [0.29, 0.717) is 27.0 Å². The third-order valence-corrected chi connectivity index (χ3v) is 7.13. The van der Waals surface area contributed by atoms with Crippen molar-refractivity contribution in [2.75, 3.05) is 19.1 Å². The minimum atomic E-state index is -0.933. The fourth-order valence-corrected chi connectivity index (χ4v) is 4.99. The van der Waals surface area contributed by atoms with Crippen molar-refractivity contribution in [1.82, 2.24) is 0 Å². The second-order valence-corrected chi connectivity index (χ2v) is 10.8. The average molecular weight is 578 g/mol. The molecule has 0 aliphatic carbocycles. The molecule has 0 bridgehead atoms. The summed E-state index contributed by atoms with van der Waals surface area (Å²) in [5.41, 5.74) is 2.45. The molecule has 1 aliphatic heterocycles. The largest absolute Gasteiger partial charge is 0.507 e. The molecule has 0 aromatic heterocycles. The molecule has 1 heterocycles. The van der Waals surface area contributed by atoms with Crippen LogP contribution in [-0.4, -0.2) is 37.0 Å². The fourth-order valence-electron chi connectivity index (χ4n) is 4.45. The van der Waals surface area contributed by atoms with Crippen molar-refractivity contribution in [3.05, 3.63) is 99.0 Å². The summed E-state index contributed by atoms with van der Waals surface area (Å²) >= 11 is 3.41. The maximum absolute atomic E-state index is 13.5. The van der Waals surface area contributed by atoms with Crippen LogP contribution in [0.5, 0.6) is 5.75 Å². The van der Waals surface area contributed by atoms with Gasteiger partial charge in [0.25, 0.3) is 11.7 Å². The van der Waals surface area contributed by atoms with E-state index in [2.05, 4.69) is 36.7 Å². The van der Waals surface area contributed by atoms with Crippen LogP contribution >= 0.6 is 15.9 Å². The van der Waals surface area contributed by atoms with Crippen molar-refractivity contribution in [1.29, 1.82) is 0 Å². The van der Waals surface area contributed by atoms with Gasteiger partial charge in [-0.25, -0.2) is 4.79 Å². The van der Waals surface area contributed by atoms with Gasteiger partial charge in [0, 0.05) is 11.3 Å². The number of Topliss-reactive ketones (excluding diaryl/α,β-unsaturated/α-hetero) is 1. The molecule has 196 valence electrons. The van der Waals surface area contributed by atoms with Gasteiger partial charge in [0.1, 0.15) is 11.5 Å². The van der Waals surface area contributed by atoms with Gasteiger partial charge in [-0.1, -0.05) is 51.1 Å². The zero-order valence-electron chi connectivity index (χ0n) is 21.7. The molecular formula is C30H28BrNO6. The van der Waals surface area contributed by atoms with E-state index in [1.807, 2.05) is 24.3 Å². The Morgan fingerprint density at radius 3 is 2.21 bits per heavy atom. The molecule has 8 heteroatoms. The topological polar surface area (TPSA) is 93.1 Å². The Morgan fingerprint density at radius 2 is 1.63 bits per heavy atom. The molecule has 0 spiro atoms. The van der Waals surface area contributed by atoms with Crippen LogP contribution in [0.15, 0.2) is 76.8 Å². The number of aliphatic hydroxyl groups is 1. The molecule has 1 saturated heterocycles. The smallest absolute Gasteiger partial charge is 0.337 e. The third kappa shape index (κ3) is 4.96. The molecule has 38 heavy (non-hydrogen) atoms. The number of aliphatic hydroxyl groups excluding tert-OH is 1. The lowest BCUT2D eigenvalue weighted by atomic mass is 9.85. The van der Waals surface area contributed by atoms with Crippen LogP contribution in [0, 0.1) is 0 Å². The standard InChI is InChI=1S/C30H28BrNO6/c1-30(2,3)20-12-9-17(10-13-20)25-24(26(33)18-11-14-23(37-4)22(31)16-18)27(34)28(35)32(25)21-8-6-7-19(15-21)29(36)38-5/h6-16,25,33H,1-5H3/b26-24+. The molecule has 7 nitrogen and oxygen atoms in total. The van der Waals surface area contributed by atoms with Crippen LogP contribution in [0.3, 0.4) is 0 Å². The van der Waals surface area contributed by atoms with Gasteiger partial charge < -0.3 is 14.6 Å². The number of carbonyl (C=O) groups excluding carboxylic acids is 3. The molecule has 1 atom stereocenters. The predicted molar refractivity (Wildman–Crippen MR) is 148 cm³/mol. The Balaban J connectivity index is 1.94. The predicted octanol–water partition coefficient (Wildman–Crippen LogP) is 6.17. The summed E-state index contributed by atoms with van der Waals surface area (Å²) in [7, 11) is 2.79. The molecule has 4 rings (SSSR count). The molecule has 3 aromatic rings. The molecule has 1 fully saturated rings. The first-order chi connectivity index (χ1) is 18.0. The van der Waals surface area contributed by atoms with Gasteiger partial charge in [-0.05, 0) is 68.9 Å². The first kappa shape index (κ1) is 27.1. The summed E-state index contributed by atoms with van der Waals surface area (Å²) in [5.74, 6) is -1.98. The lowest BCUT2D eigenvalue weighted by molar-refractivity contribution is -0.132. The molecule has 1 aliphatic rings. The van der Waals surface area contributed by atoms with Gasteiger partial charge in [-0.3, -0.25) is 14.5 Å². The summed E-state index contributed by atoms with van der Waals surface area (Å²) in [4.78, 5) is 40.4. The lowest BCUT2D eigenvalue weighted by Gasteiger charge is -2.27. The summed E-state index contributed by atoms with van der Waals surface area (Å²) < 4.78 is 10.7. The van der Waals surface area contributed by atoms with Crippen LogP contribution in [0.2, 0.25) is 0 Å².